The Morgan fingerprint density at radius 1 is 1.53 bits per heavy atom. The lowest BCUT2D eigenvalue weighted by molar-refractivity contribution is -0.151. The summed E-state index contributed by atoms with van der Waals surface area (Å²) in [5.74, 6) is 0.712. The van der Waals surface area contributed by atoms with Crippen LogP contribution in [0.5, 0.6) is 0 Å². The van der Waals surface area contributed by atoms with Gasteiger partial charge in [-0.2, -0.15) is 11.8 Å². The van der Waals surface area contributed by atoms with Crippen LogP contribution in [0.4, 0.5) is 0 Å². The fraction of sp³-hybridized carbons (Fsp3) is 0.917. The van der Waals surface area contributed by atoms with Crippen LogP contribution in [0, 0.1) is 5.92 Å². The third-order valence-electron chi connectivity index (χ3n) is 3.46. The molecule has 0 aromatic rings. The molecule has 1 saturated heterocycles. The maximum absolute atomic E-state index is 11.9. The zero-order valence-corrected chi connectivity index (χ0v) is 11.3. The minimum absolute atomic E-state index is 0.0759. The molecule has 1 aliphatic heterocycles. The Labute approximate surface area is 107 Å². The average molecular weight is 259 g/mol. The molecule has 1 amide bonds. The Kier molecular flexibility index (Phi) is 4.33. The van der Waals surface area contributed by atoms with Crippen LogP contribution in [0.2, 0.25) is 0 Å². The highest BCUT2D eigenvalue weighted by molar-refractivity contribution is 7.98. The van der Waals surface area contributed by atoms with Crippen molar-refractivity contribution in [3.05, 3.63) is 0 Å². The van der Waals surface area contributed by atoms with E-state index in [-0.39, 0.29) is 23.7 Å². The first-order chi connectivity index (χ1) is 8.15. The van der Waals surface area contributed by atoms with E-state index in [2.05, 4.69) is 5.32 Å². The molecule has 0 aromatic carbocycles. The van der Waals surface area contributed by atoms with Gasteiger partial charge in [-0.25, -0.2) is 0 Å². The summed E-state index contributed by atoms with van der Waals surface area (Å²) in [6.07, 6.45) is 4.67. The summed E-state index contributed by atoms with van der Waals surface area (Å²) >= 11 is 1.70. The van der Waals surface area contributed by atoms with Gasteiger partial charge in [-0.05, 0) is 12.7 Å². The summed E-state index contributed by atoms with van der Waals surface area (Å²) in [6, 6.07) is 0.213. The molecule has 1 N–H and O–H groups in total. The number of hydrogen-bond donors (Lipinski definition) is 1. The number of ether oxygens (including phenoxy) is 2. The van der Waals surface area contributed by atoms with Crippen molar-refractivity contribution in [1.29, 1.82) is 0 Å². The van der Waals surface area contributed by atoms with Crippen molar-refractivity contribution < 1.29 is 14.3 Å². The van der Waals surface area contributed by atoms with Gasteiger partial charge in [0.25, 0.3) is 0 Å². The molecular weight excluding hydrogens is 238 g/mol. The van der Waals surface area contributed by atoms with Gasteiger partial charge in [0, 0.05) is 30.6 Å². The normalized spacial score (nSPS) is 28.5. The fourth-order valence-corrected chi connectivity index (χ4v) is 3.18. The molecular formula is C12H21NO3S. The molecule has 2 rings (SSSR count). The Balaban J connectivity index is 1.79. The van der Waals surface area contributed by atoms with Crippen LogP contribution in [0.1, 0.15) is 26.2 Å². The Hall–Kier alpha value is -0.260. The molecule has 5 heteroatoms. The molecule has 2 fully saturated rings. The first-order valence-corrected chi connectivity index (χ1v) is 7.62. The van der Waals surface area contributed by atoms with Gasteiger partial charge in [0.15, 0.2) is 5.79 Å². The van der Waals surface area contributed by atoms with Gasteiger partial charge in [0.1, 0.15) is 0 Å². The quantitative estimate of drug-likeness (QED) is 0.829. The molecule has 0 unspecified atom stereocenters. The van der Waals surface area contributed by atoms with E-state index in [0.717, 1.165) is 25.0 Å². The minimum atomic E-state index is -0.388. The van der Waals surface area contributed by atoms with Crippen molar-refractivity contribution in [3.8, 4) is 0 Å². The molecule has 98 valence electrons. The van der Waals surface area contributed by atoms with Crippen LogP contribution in [0.15, 0.2) is 0 Å². The van der Waals surface area contributed by atoms with Crippen molar-refractivity contribution >= 4 is 17.7 Å². The molecule has 1 heterocycles. The number of amides is 1. The van der Waals surface area contributed by atoms with E-state index in [9.17, 15) is 4.79 Å². The maximum atomic E-state index is 11.9. The van der Waals surface area contributed by atoms with Crippen molar-refractivity contribution in [2.45, 2.75) is 38.0 Å². The van der Waals surface area contributed by atoms with Crippen molar-refractivity contribution in [2.75, 3.05) is 25.2 Å². The zero-order valence-electron chi connectivity index (χ0n) is 10.5. The molecule has 2 atom stereocenters. The molecule has 0 bridgehead atoms. The minimum Gasteiger partial charge on any atom is -0.353 e. The number of carbonyl (C=O) groups excluding carboxylic acids is 1. The second kappa shape index (κ2) is 5.59. The molecule has 2 aliphatic rings. The SMILES string of the molecule is CSC[C@@H](C)C(=O)N[C@@H]1CCC2(C1)OCCO2. The van der Waals surface area contributed by atoms with Crippen LogP contribution in [0.3, 0.4) is 0 Å². The number of carbonyl (C=O) groups is 1. The maximum Gasteiger partial charge on any atom is 0.223 e. The van der Waals surface area contributed by atoms with E-state index in [1.54, 1.807) is 11.8 Å². The van der Waals surface area contributed by atoms with Gasteiger partial charge in [0.2, 0.25) is 5.91 Å². The number of thioether (sulfide) groups is 1. The monoisotopic (exact) mass is 259 g/mol. The van der Waals surface area contributed by atoms with Crippen molar-refractivity contribution in [1.82, 2.24) is 5.32 Å². The van der Waals surface area contributed by atoms with Crippen LogP contribution < -0.4 is 5.32 Å². The van der Waals surface area contributed by atoms with E-state index in [1.165, 1.54) is 0 Å². The number of nitrogens with one attached hydrogen (secondary N) is 1. The van der Waals surface area contributed by atoms with Gasteiger partial charge < -0.3 is 14.8 Å². The number of rotatable bonds is 4. The fourth-order valence-electron chi connectivity index (χ4n) is 2.53. The van der Waals surface area contributed by atoms with Gasteiger partial charge >= 0.3 is 0 Å². The van der Waals surface area contributed by atoms with E-state index < -0.39 is 0 Å². The first kappa shape index (κ1) is 13.2. The topological polar surface area (TPSA) is 47.6 Å². The molecule has 1 aliphatic carbocycles. The van der Waals surface area contributed by atoms with Gasteiger partial charge in [-0.1, -0.05) is 6.92 Å². The van der Waals surface area contributed by atoms with Gasteiger partial charge in [-0.15, -0.1) is 0 Å². The van der Waals surface area contributed by atoms with E-state index in [1.807, 2.05) is 13.2 Å². The lowest BCUT2D eigenvalue weighted by atomic mass is 10.1. The van der Waals surface area contributed by atoms with Gasteiger partial charge in [0.05, 0.1) is 13.2 Å². The highest BCUT2D eigenvalue weighted by Crippen LogP contribution is 2.37. The molecule has 1 saturated carbocycles. The summed E-state index contributed by atoms with van der Waals surface area (Å²) in [5.41, 5.74) is 0. The van der Waals surface area contributed by atoms with Crippen molar-refractivity contribution in [2.24, 2.45) is 5.92 Å². The lowest BCUT2D eigenvalue weighted by Crippen LogP contribution is -2.39. The predicted octanol–water partition coefficient (Wildman–Crippen LogP) is 1.40. The molecule has 4 nitrogen and oxygen atoms in total. The standard InChI is InChI=1S/C12H21NO3S/c1-9(8-17-2)11(14)13-10-3-4-12(7-10)15-5-6-16-12/h9-10H,3-8H2,1-2H3,(H,13,14)/t9-,10-/m1/s1. The highest BCUT2D eigenvalue weighted by atomic mass is 32.2. The Bertz CT molecular complexity index is 279. The predicted molar refractivity (Wildman–Crippen MR) is 68.0 cm³/mol. The lowest BCUT2D eigenvalue weighted by Gasteiger charge is -2.22. The molecule has 1 spiro atoms. The first-order valence-electron chi connectivity index (χ1n) is 6.22. The molecule has 17 heavy (non-hydrogen) atoms. The molecule has 0 aromatic heterocycles. The van der Waals surface area contributed by atoms with Crippen LogP contribution >= 0.6 is 11.8 Å². The van der Waals surface area contributed by atoms with Crippen LogP contribution in [-0.4, -0.2) is 43.0 Å². The molecule has 0 radical (unpaired) electrons. The van der Waals surface area contributed by atoms with Crippen LogP contribution in [0.25, 0.3) is 0 Å². The second-order valence-corrected chi connectivity index (χ2v) is 5.82. The smallest absolute Gasteiger partial charge is 0.223 e. The summed E-state index contributed by atoms with van der Waals surface area (Å²) in [5, 5.41) is 3.10. The summed E-state index contributed by atoms with van der Waals surface area (Å²) in [7, 11) is 0. The third-order valence-corrected chi connectivity index (χ3v) is 4.29. The van der Waals surface area contributed by atoms with E-state index in [4.69, 9.17) is 9.47 Å². The summed E-state index contributed by atoms with van der Waals surface area (Å²) in [6.45, 7) is 3.34. The average Bonchev–Trinajstić information content (AvgIpc) is 2.90. The largest absolute Gasteiger partial charge is 0.353 e. The van der Waals surface area contributed by atoms with Crippen LogP contribution in [-0.2, 0) is 14.3 Å². The van der Waals surface area contributed by atoms with E-state index >= 15 is 0 Å². The highest BCUT2D eigenvalue weighted by Gasteiger charge is 2.44. The summed E-state index contributed by atoms with van der Waals surface area (Å²) in [4.78, 5) is 11.9. The van der Waals surface area contributed by atoms with E-state index in [0.29, 0.717) is 13.2 Å². The van der Waals surface area contributed by atoms with Gasteiger partial charge in [-0.3, -0.25) is 4.79 Å². The Morgan fingerprint density at radius 3 is 2.88 bits per heavy atom. The third kappa shape index (κ3) is 3.14. The summed E-state index contributed by atoms with van der Waals surface area (Å²) < 4.78 is 11.3. The second-order valence-electron chi connectivity index (χ2n) is 4.91. The van der Waals surface area contributed by atoms with Crippen molar-refractivity contribution in [3.63, 3.8) is 0 Å². The zero-order chi connectivity index (χ0) is 12.3. The Morgan fingerprint density at radius 2 is 2.24 bits per heavy atom. The number of hydrogen-bond acceptors (Lipinski definition) is 4.